The summed E-state index contributed by atoms with van der Waals surface area (Å²) in [5, 5.41) is 16.3. The summed E-state index contributed by atoms with van der Waals surface area (Å²) in [4.78, 5) is 12.1. The molecule has 8 nitrogen and oxygen atoms in total. The molecule has 0 unspecified atom stereocenters. The average molecular weight is 621 g/mol. The van der Waals surface area contributed by atoms with Crippen molar-refractivity contribution >= 4 is 34.7 Å². The second-order valence-electron chi connectivity index (χ2n) is 11.8. The fraction of sp³-hybridized carbons (Fsp3) is 0.243. The Morgan fingerprint density at radius 1 is 1.00 bits per heavy atom. The molecule has 0 amide bonds. The highest BCUT2D eigenvalue weighted by molar-refractivity contribution is 5.89. The first-order valence-electron chi connectivity index (χ1n) is 15.2. The normalized spacial score (nSPS) is 12.7. The van der Waals surface area contributed by atoms with Gasteiger partial charge in [0.1, 0.15) is 11.5 Å². The maximum atomic E-state index is 14.8. The van der Waals surface area contributed by atoms with Gasteiger partial charge in [-0.3, -0.25) is 10.1 Å². The molecule has 4 aromatic rings. The van der Waals surface area contributed by atoms with E-state index in [9.17, 15) is 4.39 Å². The summed E-state index contributed by atoms with van der Waals surface area (Å²) >= 11 is 0. The summed E-state index contributed by atoms with van der Waals surface area (Å²) in [5.74, 6) is -0.310. The Morgan fingerprint density at radius 2 is 1.76 bits per heavy atom. The monoisotopic (exact) mass is 620 g/mol. The Hall–Kier alpha value is -4.99. The van der Waals surface area contributed by atoms with E-state index in [4.69, 9.17) is 0 Å². The summed E-state index contributed by atoms with van der Waals surface area (Å²) in [7, 11) is 8.01. The summed E-state index contributed by atoms with van der Waals surface area (Å²) in [6.45, 7) is 18.6. The Bertz CT molecular complexity index is 1870. The minimum absolute atomic E-state index is 0.310. The number of halogens is 1. The standard InChI is InChI=1S/C37H45FN8/c1-10-12-32(27-16-29(38)19-30(17-27)40-13-14-45(6)7)33-20-36(42-26(33)5)37-34(35(11-2)43-44-37)15-24(3)28-18-31(22-39-21-28)41-25(4)23-46(8)9/h10-12,15-22,40-43H,1,3-4,13-14,23H2,2,5-9H3/b32-12-,34-15+,35-11+. The number of aromatic amines is 2. The lowest BCUT2D eigenvalue weighted by Gasteiger charge is -2.14. The predicted molar refractivity (Wildman–Crippen MR) is 192 cm³/mol. The molecule has 0 aliphatic rings. The number of H-pyrrole nitrogens is 2. The maximum absolute atomic E-state index is 14.8. The van der Waals surface area contributed by atoms with E-state index < -0.39 is 0 Å². The summed E-state index contributed by atoms with van der Waals surface area (Å²) in [6.07, 6.45) is 11.2. The van der Waals surface area contributed by atoms with E-state index in [0.717, 1.165) is 79.1 Å². The summed E-state index contributed by atoms with van der Waals surface area (Å²) < 4.78 is 14.8. The number of hydrogen-bond donors (Lipinski definition) is 4. The number of rotatable bonds is 14. The Kier molecular flexibility index (Phi) is 11.3. The van der Waals surface area contributed by atoms with Crippen LogP contribution >= 0.6 is 0 Å². The third-order valence-electron chi connectivity index (χ3n) is 7.32. The van der Waals surface area contributed by atoms with Crippen LogP contribution in [0.5, 0.6) is 0 Å². The lowest BCUT2D eigenvalue weighted by molar-refractivity contribution is 0.425. The molecule has 3 heterocycles. The highest BCUT2D eigenvalue weighted by Crippen LogP contribution is 2.31. The highest BCUT2D eigenvalue weighted by atomic mass is 19.1. The van der Waals surface area contributed by atoms with Crippen LogP contribution in [0.25, 0.3) is 34.7 Å². The van der Waals surface area contributed by atoms with Crippen LogP contribution in [0.15, 0.2) is 80.3 Å². The minimum atomic E-state index is -0.310. The smallest absolute Gasteiger partial charge is 0.125 e. The molecule has 0 saturated carbocycles. The third kappa shape index (κ3) is 8.59. The van der Waals surface area contributed by atoms with Gasteiger partial charge in [0, 0.05) is 59.3 Å². The molecule has 4 N–H and O–H groups in total. The van der Waals surface area contributed by atoms with Crippen molar-refractivity contribution in [2.24, 2.45) is 0 Å². The van der Waals surface area contributed by atoms with Gasteiger partial charge in [0.15, 0.2) is 0 Å². The van der Waals surface area contributed by atoms with Crippen molar-refractivity contribution in [2.45, 2.75) is 13.8 Å². The van der Waals surface area contributed by atoms with Crippen molar-refractivity contribution in [2.75, 3.05) is 58.5 Å². The van der Waals surface area contributed by atoms with Crippen molar-refractivity contribution in [1.29, 1.82) is 0 Å². The molecule has 0 fully saturated rings. The lowest BCUT2D eigenvalue weighted by Crippen LogP contribution is -2.23. The van der Waals surface area contributed by atoms with E-state index >= 15 is 0 Å². The van der Waals surface area contributed by atoms with Gasteiger partial charge in [-0.1, -0.05) is 38.0 Å². The van der Waals surface area contributed by atoms with E-state index in [0.29, 0.717) is 13.1 Å². The zero-order valence-corrected chi connectivity index (χ0v) is 27.8. The fourth-order valence-electron chi connectivity index (χ4n) is 5.20. The van der Waals surface area contributed by atoms with Gasteiger partial charge in [0.2, 0.25) is 0 Å². The topological polar surface area (TPSA) is 87.9 Å². The van der Waals surface area contributed by atoms with Crippen molar-refractivity contribution in [3.05, 3.63) is 119 Å². The number of likely N-dealkylation sites (N-methyl/N-ethyl adjacent to an activating group) is 2. The minimum Gasteiger partial charge on any atom is -0.384 e. The van der Waals surface area contributed by atoms with Crippen LogP contribution in [0.2, 0.25) is 0 Å². The first kappa shape index (κ1) is 33.9. The molecule has 0 aliphatic heterocycles. The third-order valence-corrected chi connectivity index (χ3v) is 7.32. The quantitative estimate of drug-likeness (QED) is 0.137. The van der Waals surface area contributed by atoms with Crippen molar-refractivity contribution in [3.8, 4) is 11.4 Å². The van der Waals surface area contributed by atoms with Crippen LogP contribution in [0.1, 0.15) is 29.3 Å². The van der Waals surface area contributed by atoms with Crippen LogP contribution in [0.3, 0.4) is 0 Å². The highest BCUT2D eigenvalue weighted by Gasteiger charge is 2.16. The number of pyridine rings is 1. The van der Waals surface area contributed by atoms with E-state index in [-0.39, 0.29) is 5.82 Å². The molecule has 46 heavy (non-hydrogen) atoms. The molecular weight excluding hydrogens is 575 g/mol. The Morgan fingerprint density at radius 3 is 2.46 bits per heavy atom. The second kappa shape index (κ2) is 15.3. The zero-order chi connectivity index (χ0) is 33.4. The predicted octanol–water partition coefficient (Wildman–Crippen LogP) is 5.62. The Balaban J connectivity index is 1.71. The molecule has 4 rings (SSSR count). The largest absolute Gasteiger partial charge is 0.384 e. The van der Waals surface area contributed by atoms with Crippen LogP contribution < -0.4 is 21.2 Å². The van der Waals surface area contributed by atoms with Crippen LogP contribution in [0.4, 0.5) is 15.8 Å². The average Bonchev–Trinajstić information content (AvgIpc) is 3.57. The van der Waals surface area contributed by atoms with Crippen LogP contribution in [0, 0.1) is 12.7 Å². The fourth-order valence-corrected chi connectivity index (χ4v) is 5.20. The molecule has 1 aromatic carbocycles. The molecular formula is C37H45FN8. The summed E-state index contributed by atoms with van der Waals surface area (Å²) in [5.41, 5.74) is 9.10. The van der Waals surface area contributed by atoms with Gasteiger partial charge in [0.25, 0.3) is 0 Å². The van der Waals surface area contributed by atoms with Gasteiger partial charge >= 0.3 is 0 Å². The van der Waals surface area contributed by atoms with E-state index in [2.05, 4.69) is 55.4 Å². The lowest BCUT2D eigenvalue weighted by atomic mass is 9.96. The van der Waals surface area contributed by atoms with Crippen LogP contribution in [-0.2, 0) is 0 Å². The number of nitrogens with one attached hydrogen (secondary N) is 4. The second-order valence-corrected chi connectivity index (χ2v) is 11.8. The number of benzene rings is 1. The van der Waals surface area contributed by atoms with Gasteiger partial charge < -0.3 is 25.4 Å². The van der Waals surface area contributed by atoms with E-state index in [1.165, 1.54) is 6.07 Å². The van der Waals surface area contributed by atoms with Gasteiger partial charge in [0.05, 0.1) is 22.9 Å². The van der Waals surface area contributed by atoms with E-state index in [1.54, 1.807) is 24.5 Å². The number of aromatic nitrogens is 4. The Labute approximate surface area is 271 Å². The molecule has 3 aromatic heterocycles. The first-order valence-corrected chi connectivity index (χ1v) is 15.2. The number of nitrogens with zero attached hydrogens (tertiary/aromatic N) is 4. The maximum Gasteiger partial charge on any atom is 0.125 e. The van der Waals surface area contributed by atoms with Crippen molar-refractivity contribution in [3.63, 3.8) is 0 Å². The molecule has 0 atom stereocenters. The number of aryl methyl sites for hydroxylation is 1. The number of anilines is 2. The van der Waals surface area contributed by atoms with Gasteiger partial charge in [-0.05, 0) is 95.2 Å². The van der Waals surface area contributed by atoms with Gasteiger partial charge in [-0.25, -0.2) is 4.39 Å². The van der Waals surface area contributed by atoms with Gasteiger partial charge in [-0.15, -0.1) is 0 Å². The molecule has 0 saturated heterocycles. The molecule has 0 spiro atoms. The SMILES string of the molecule is C=C/C=C(/c1cc(F)cc(NCCN(C)C)c1)c1cc(-c2n[nH]c(=C/C)/c2=C\C(=C)c2cncc(NC(=C)CN(C)C)c2)[nH]c1C. The number of hydrogen-bond acceptors (Lipinski definition) is 6. The molecule has 9 heteroatoms. The van der Waals surface area contributed by atoms with E-state index in [1.807, 2.05) is 83.4 Å². The number of allylic oxidation sites excluding steroid dienone is 3. The van der Waals surface area contributed by atoms with Gasteiger partial charge in [-0.2, -0.15) is 5.10 Å². The molecule has 0 radical (unpaired) electrons. The molecule has 0 bridgehead atoms. The van der Waals surface area contributed by atoms with Crippen molar-refractivity contribution < 1.29 is 4.39 Å². The van der Waals surface area contributed by atoms with Crippen LogP contribution in [-0.4, -0.2) is 77.8 Å². The first-order chi connectivity index (χ1) is 22.0. The summed E-state index contributed by atoms with van der Waals surface area (Å²) in [6, 6.07) is 9.09. The molecule has 240 valence electrons. The molecule has 0 aliphatic carbocycles. The van der Waals surface area contributed by atoms with Crippen molar-refractivity contribution in [1.82, 2.24) is 30.0 Å². The zero-order valence-electron chi connectivity index (χ0n) is 27.8.